The molecule has 10 heteroatoms. The minimum Gasteiger partial charge on any atom is -0.355 e. The Labute approximate surface area is 170 Å². The molecule has 5 amide bonds. The van der Waals surface area contributed by atoms with Crippen LogP contribution in [-0.2, 0) is 15.1 Å². The monoisotopic (exact) mass is 416 g/mol. The third-order valence-electron chi connectivity index (χ3n) is 4.70. The molecular weight excluding hydrogens is 398 g/mol. The molecule has 3 N–H and O–H groups in total. The fourth-order valence-electron chi connectivity index (χ4n) is 3.10. The Balaban J connectivity index is 1.73. The van der Waals surface area contributed by atoms with E-state index in [1.54, 1.807) is 0 Å². The number of anilines is 1. The van der Waals surface area contributed by atoms with E-state index in [9.17, 15) is 28.0 Å². The van der Waals surface area contributed by atoms with Gasteiger partial charge in [0.25, 0.3) is 11.8 Å². The number of amides is 5. The Bertz CT molecular complexity index is 1040. The van der Waals surface area contributed by atoms with Gasteiger partial charge in [-0.15, -0.1) is 0 Å². The molecule has 1 heterocycles. The van der Waals surface area contributed by atoms with Crippen molar-refractivity contribution in [1.82, 2.24) is 15.5 Å². The number of carbonyl (C=O) groups excluding carboxylic acids is 4. The molecule has 0 bridgehead atoms. The smallest absolute Gasteiger partial charge is 0.325 e. The largest absolute Gasteiger partial charge is 0.355 e. The molecule has 30 heavy (non-hydrogen) atoms. The van der Waals surface area contributed by atoms with E-state index in [0.29, 0.717) is 16.2 Å². The van der Waals surface area contributed by atoms with Gasteiger partial charge in [-0.25, -0.2) is 13.6 Å². The summed E-state index contributed by atoms with van der Waals surface area (Å²) in [6.45, 7) is 0.606. The summed E-state index contributed by atoms with van der Waals surface area (Å²) < 4.78 is 27.7. The molecule has 1 aliphatic rings. The maximum atomic E-state index is 14.2. The van der Waals surface area contributed by atoms with Crippen LogP contribution < -0.4 is 16.0 Å². The van der Waals surface area contributed by atoms with Crippen LogP contribution in [-0.4, -0.2) is 42.2 Å². The number of imide groups is 1. The van der Waals surface area contributed by atoms with Crippen molar-refractivity contribution in [3.63, 3.8) is 0 Å². The molecule has 2 aromatic carbocycles. The van der Waals surface area contributed by atoms with E-state index in [2.05, 4.69) is 16.0 Å². The lowest BCUT2D eigenvalue weighted by Crippen LogP contribution is -2.42. The van der Waals surface area contributed by atoms with Gasteiger partial charge in [0.2, 0.25) is 5.91 Å². The van der Waals surface area contributed by atoms with E-state index in [-0.39, 0.29) is 11.5 Å². The van der Waals surface area contributed by atoms with Gasteiger partial charge in [0.05, 0.1) is 0 Å². The fraction of sp³-hybridized carbons (Fsp3) is 0.200. The van der Waals surface area contributed by atoms with Crippen LogP contribution in [0.25, 0.3) is 0 Å². The summed E-state index contributed by atoms with van der Waals surface area (Å²) in [7, 11) is 1.49. The second-order valence-electron chi connectivity index (χ2n) is 6.78. The van der Waals surface area contributed by atoms with E-state index in [4.69, 9.17) is 0 Å². The third kappa shape index (κ3) is 3.84. The van der Waals surface area contributed by atoms with Crippen molar-refractivity contribution in [3.8, 4) is 0 Å². The number of urea groups is 1. The van der Waals surface area contributed by atoms with E-state index in [1.165, 1.54) is 38.2 Å². The average molecular weight is 416 g/mol. The van der Waals surface area contributed by atoms with Gasteiger partial charge in [-0.1, -0.05) is 0 Å². The first-order valence-corrected chi connectivity index (χ1v) is 8.87. The highest BCUT2D eigenvalue weighted by Gasteiger charge is 2.50. The summed E-state index contributed by atoms with van der Waals surface area (Å²) in [4.78, 5) is 49.5. The topological polar surface area (TPSA) is 108 Å². The molecule has 0 aliphatic carbocycles. The van der Waals surface area contributed by atoms with Crippen molar-refractivity contribution in [2.45, 2.75) is 12.5 Å². The number of hydrogen-bond donors (Lipinski definition) is 3. The molecule has 156 valence electrons. The Morgan fingerprint density at radius 2 is 1.77 bits per heavy atom. The number of hydrogen-bond acceptors (Lipinski definition) is 4. The summed E-state index contributed by atoms with van der Waals surface area (Å²) in [6, 6.07) is 7.62. The summed E-state index contributed by atoms with van der Waals surface area (Å²) in [5.74, 6) is -3.51. The molecule has 1 unspecified atom stereocenters. The van der Waals surface area contributed by atoms with Crippen molar-refractivity contribution in [3.05, 3.63) is 65.2 Å². The highest BCUT2D eigenvalue weighted by atomic mass is 19.1. The van der Waals surface area contributed by atoms with Gasteiger partial charge in [0, 0.05) is 23.9 Å². The first kappa shape index (κ1) is 20.9. The second-order valence-corrected chi connectivity index (χ2v) is 6.78. The van der Waals surface area contributed by atoms with Crippen LogP contribution >= 0.6 is 0 Å². The highest BCUT2D eigenvalue weighted by Crippen LogP contribution is 2.31. The van der Waals surface area contributed by atoms with Crippen molar-refractivity contribution < 1.29 is 28.0 Å². The lowest BCUT2D eigenvalue weighted by atomic mass is 9.91. The molecule has 0 spiro atoms. The molecule has 8 nitrogen and oxygen atoms in total. The van der Waals surface area contributed by atoms with Crippen molar-refractivity contribution in [2.24, 2.45) is 0 Å². The lowest BCUT2D eigenvalue weighted by Gasteiger charge is -2.22. The number of benzene rings is 2. The SMILES string of the molecule is CNC(=O)c1ccc(NC(=O)CN2C(=O)NC(C)(c3cc(F)ccc3F)C2=O)cc1. The molecule has 1 saturated heterocycles. The molecule has 1 fully saturated rings. The molecular formula is C20H18F2N4O4. The predicted octanol–water partition coefficient (Wildman–Crippen LogP) is 1.73. The van der Waals surface area contributed by atoms with Crippen LogP contribution in [0.2, 0.25) is 0 Å². The Morgan fingerprint density at radius 1 is 1.10 bits per heavy atom. The van der Waals surface area contributed by atoms with Crippen LogP contribution in [0.1, 0.15) is 22.8 Å². The maximum Gasteiger partial charge on any atom is 0.325 e. The minimum absolute atomic E-state index is 0.295. The minimum atomic E-state index is -1.85. The van der Waals surface area contributed by atoms with Gasteiger partial charge >= 0.3 is 6.03 Å². The molecule has 1 aliphatic heterocycles. The molecule has 3 rings (SSSR count). The second kappa shape index (κ2) is 7.90. The van der Waals surface area contributed by atoms with Crippen molar-refractivity contribution in [1.29, 1.82) is 0 Å². The number of halogens is 2. The van der Waals surface area contributed by atoms with Gasteiger partial charge in [0.15, 0.2) is 0 Å². The first-order chi connectivity index (χ1) is 14.2. The number of nitrogens with one attached hydrogen (secondary N) is 3. The van der Waals surface area contributed by atoms with Crippen LogP contribution in [0, 0.1) is 11.6 Å². The van der Waals surface area contributed by atoms with Gasteiger partial charge in [0.1, 0.15) is 23.7 Å². The Morgan fingerprint density at radius 3 is 2.40 bits per heavy atom. The van der Waals surface area contributed by atoms with Crippen molar-refractivity contribution in [2.75, 3.05) is 18.9 Å². The first-order valence-electron chi connectivity index (χ1n) is 8.87. The fourth-order valence-corrected chi connectivity index (χ4v) is 3.10. The zero-order chi connectivity index (χ0) is 22.1. The normalized spacial score (nSPS) is 18.2. The van der Waals surface area contributed by atoms with E-state index < -0.39 is 41.6 Å². The van der Waals surface area contributed by atoms with Gasteiger partial charge in [-0.3, -0.25) is 19.3 Å². The van der Waals surface area contributed by atoms with Gasteiger partial charge in [-0.05, 0) is 49.4 Å². The van der Waals surface area contributed by atoms with Crippen molar-refractivity contribution >= 4 is 29.4 Å². The summed E-state index contributed by atoms with van der Waals surface area (Å²) in [5, 5.41) is 7.28. The standard InChI is InChI=1S/C20H18F2N4O4/c1-20(14-9-12(21)5-8-15(14)22)18(29)26(19(30)25-20)10-16(27)24-13-6-3-11(4-7-13)17(28)23-2/h3-9H,10H2,1-2H3,(H,23,28)(H,24,27)(H,25,30). The van der Waals surface area contributed by atoms with Crippen LogP contribution in [0.5, 0.6) is 0 Å². The van der Waals surface area contributed by atoms with E-state index >= 15 is 0 Å². The van der Waals surface area contributed by atoms with Crippen LogP contribution in [0.4, 0.5) is 19.3 Å². The van der Waals surface area contributed by atoms with Gasteiger partial charge < -0.3 is 16.0 Å². The predicted molar refractivity (Wildman–Crippen MR) is 102 cm³/mol. The summed E-state index contributed by atoms with van der Waals surface area (Å²) in [6.07, 6.45) is 0. The third-order valence-corrected chi connectivity index (χ3v) is 4.70. The van der Waals surface area contributed by atoms with Crippen LogP contribution in [0.15, 0.2) is 42.5 Å². The van der Waals surface area contributed by atoms with E-state index in [0.717, 1.165) is 18.2 Å². The van der Waals surface area contributed by atoms with Gasteiger partial charge in [-0.2, -0.15) is 0 Å². The molecule has 0 saturated carbocycles. The zero-order valence-electron chi connectivity index (χ0n) is 16.1. The number of carbonyl (C=O) groups is 4. The molecule has 0 radical (unpaired) electrons. The molecule has 0 aromatic heterocycles. The Hall–Kier alpha value is -3.82. The quantitative estimate of drug-likeness (QED) is 0.645. The zero-order valence-corrected chi connectivity index (χ0v) is 16.1. The molecule has 2 aromatic rings. The van der Waals surface area contributed by atoms with Crippen LogP contribution in [0.3, 0.4) is 0 Å². The Kier molecular flexibility index (Phi) is 5.50. The molecule has 1 atom stereocenters. The summed E-state index contributed by atoms with van der Waals surface area (Å²) in [5.41, 5.74) is -1.46. The number of nitrogens with zero attached hydrogens (tertiary/aromatic N) is 1. The maximum absolute atomic E-state index is 14.2. The highest BCUT2D eigenvalue weighted by molar-refractivity contribution is 6.10. The summed E-state index contributed by atoms with van der Waals surface area (Å²) >= 11 is 0. The lowest BCUT2D eigenvalue weighted by molar-refractivity contribution is -0.133. The number of rotatable bonds is 5. The average Bonchev–Trinajstić information content (AvgIpc) is 2.93. The van der Waals surface area contributed by atoms with E-state index in [1.807, 2.05) is 0 Å².